The number of aliphatic hydroxyl groups excluding tert-OH is 1. The number of aliphatic hydroxyl groups is 1. The van der Waals surface area contributed by atoms with Gasteiger partial charge in [-0.15, -0.1) is 0 Å². The van der Waals surface area contributed by atoms with E-state index in [1.54, 1.807) is 13.1 Å². The Balaban J connectivity index is 1.34. The Labute approximate surface area is 194 Å². The van der Waals surface area contributed by atoms with Crippen LogP contribution in [-0.4, -0.2) is 69.1 Å². The van der Waals surface area contributed by atoms with Gasteiger partial charge >= 0.3 is 0 Å². The maximum Gasteiger partial charge on any atom is 0.226 e. The molecule has 8 nitrogen and oxygen atoms in total. The molecule has 2 saturated carbocycles. The highest BCUT2D eigenvalue weighted by Gasteiger charge is 2.48. The van der Waals surface area contributed by atoms with E-state index < -0.39 is 12.0 Å². The average molecular weight is 452 g/mol. The fourth-order valence-corrected chi connectivity index (χ4v) is 5.33. The van der Waals surface area contributed by atoms with Crippen LogP contribution in [-0.2, 0) is 9.59 Å². The molecule has 1 saturated heterocycles. The molecule has 2 amide bonds. The molecule has 176 valence electrons. The van der Waals surface area contributed by atoms with Gasteiger partial charge in [0, 0.05) is 61.5 Å². The zero-order chi connectivity index (χ0) is 22.9. The van der Waals surface area contributed by atoms with Crippen LogP contribution in [0.15, 0.2) is 36.5 Å². The third kappa shape index (κ3) is 4.82. The van der Waals surface area contributed by atoms with Crippen molar-refractivity contribution in [3.63, 3.8) is 0 Å². The lowest BCUT2D eigenvalue weighted by molar-refractivity contribution is -0.130. The lowest BCUT2D eigenvalue weighted by atomic mass is 9.94. The molecule has 0 radical (unpaired) electrons. The van der Waals surface area contributed by atoms with Gasteiger partial charge in [-0.25, -0.2) is 4.98 Å². The number of piperidine rings is 1. The Morgan fingerprint density at radius 2 is 1.82 bits per heavy atom. The molecule has 1 aromatic carbocycles. The monoisotopic (exact) mass is 451 g/mol. The van der Waals surface area contributed by atoms with E-state index in [2.05, 4.69) is 20.6 Å². The van der Waals surface area contributed by atoms with Crippen LogP contribution in [0.1, 0.15) is 50.6 Å². The van der Waals surface area contributed by atoms with Gasteiger partial charge in [0.15, 0.2) is 0 Å². The number of amides is 2. The number of rotatable bonds is 6. The zero-order valence-electron chi connectivity index (χ0n) is 19.0. The second-order valence-corrected chi connectivity index (χ2v) is 9.75. The number of benzene rings is 1. The molecule has 3 fully saturated rings. The number of H-pyrrole nitrogens is 1. The highest BCUT2D eigenvalue weighted by molar-refractivity contribution is 5.80. The van der Waals surface area contributed by atoms with Gasteiger partial charge in [0.2, 0.25) is 11.8 Å². The average Bonchev–Trinajstić information content (AvgIpc) is 3.39. The maximum absolute atomic E-state index is 12.9. The van der Waals surface area contributed by atoms with Gasteiger partial charge in [-0.3, -0.25) is 9.59 Å². The SMILES string of the molecule is CC(=O)N1CCC(N[C@@H]2C[C@H](C(=O)NC3CC3)[C@@H](O)[C@H]2c2cnc(-c3ccccc3)[nH]2)CC1. The second-order valence-electron chi connectivity index (χ2n) is 9.75. The van der Waals surface area contributed by atoms with Gasteiger partial charge in [0.05, 0.1) is 12.0 Å². The van der Waals surface area contributed by atoms with E-state index in [1.165, 1.54) is 0 Å². The Kier molecular flexibility index (Phi) is 6.21. The fourth-order valence-electron chi connectivity index (χ4n) is 5.33. The molecule has 2 aliphatic carbocycles. The number of aromatic amines is 1. The summed E-state index contributed by atoms with van der Waals surface area (Å²) in [5.41, 5.74) is 1.84. The van der Waals surface area contributed by atoms with Gasteiger partial charge in [0.1, 0.15) is 5.82 Å². The summed E-state index contributed by atoms with van der Waals surface area (Å²) >= 11 is 0. The van der Waals surface area contributed by atoms with E-state index in [0.29, 0.717) is 6.42 Å². The van der Waals surface area contributed by atoms with E-state index >= 15 is 0 Å². The van der Waals surface area contributed by atoms with Crippen LogP contribution in [0.3, 0.4) is 0 Å². The minimum Gasteiger partial charge on any atom is -0.392 e. The topological polar surface area (TPSA) is 110 Å². The van der Waals surface area contributed by atoms with Crippen LogP contribution in [0.25, 0.3) is 11.4 Å². The molecule has 0 spiro atoms. The number of carbonyl (C=O) groups excluding carboxylic acids is 2. The molecule has 2 heterocycles. The molecule has 0 unspecified atom stereocenters. The van der Waals surface area contributed by atoms with E-state index in [0.717, 1.165) is 55.9 Å². The van der Waals surface area contributed by atoms with Crippen molar-refractivity contribution < 1.29 is 14.7 Å². The summed E-state index contributed by atoms with van der Waals surface area (Å²) in [6.45, 7) is 3.09. The van der Waals surface area contributed by atoms with Crippen molar-refractivity contribution in [3.8, 4) is 11.4 Å². The summed E-state index contributed by atoms with van der Waals surface area (Å²) in [5, 5.41) is 18.1. The molecule has 4 atom stereocenters. The number of hydrogen-bond donors (Lipinski definition) is 4. The first-order valence-corrected chi connectivity index (χ1v) is 12.1. The van der Waals surface area contributed by atoms with Crippen LogP contribution in [0, 0.1) is 5.92 Å². The molecular weight excluding hydrogens is 418 g/mol. The van der Waals surface area contributed by atoms with Crippen LogP contribution in [0.4, 0.5) is 0 Å². The van der Waals surface area contributed by atoms with Gasteiger partial charge in [-0.05, 0) is 32.1 Å². The third-order valence-electron chi connectivity index (χ3n) is 7.37. The number of imidazole rings is 1. The molecule has 8 heteroatoms. The number of aromatic nitrogens is 2. The molecule has 5 rings (SSSR count). The summed E-state index contributed by atoms with van der Waals surface area (Å²) in [6, 6.07) is 10.4. The number of likely N-dealkylation sites (tertiary alicyclic amines) is 1. The lowest BCUT2D eigenvalue weighted by Gasteiger charge is -2.34. The van der Waals surface area contributed by atoms with Crippen molar-refractivity contribution in [2.45, 2.75) is 69.2 Å². The summed E-state index contributed by atoms with van der Waals surface area (Å²) < 4.78 is 0. The molecule has 1 aromatic heterocycles. The largest absolute Gasteiger partial charge is 0.392 e. The van der Waals surface area contributed by atoms with Crippen molar-refractivity contribution >= 4 is 11.8 Å². The summed E-state index contributed by atoms with van der Waals surface area (Å²) in [4.78, 5) is 34.4. The molecule has 4 N–H and O–H groups in total. The minimum atomic E-state index is -0.789. The molecule has 33 heavy (non-hydrogen) atoms. The Bertz CT molecular complexity index is 981. The van der Waals surface area contributed by atoms with Crippen LogP contribution in [0.5, 0.6) is 0 Å². The summed E-state index contributed by atoms with van der Waals surface area (Å²) in [5.74, 6) is 0.126. The predicted octanol–water partition coefficient (Wildman–Crippen LogP) is 1.79. The normalized spacial score (nSPS) is 28.1. The van der Waals surface area contributed by atoms with Gasteiger partial charge < -0.3 is 25.6 Å². The summed E-state index contributed by atoms with van der Waals surface area (Å²) in [7, 11) is 0. The Morgan fingerprint density at radius 3 is 2.48 bits per heavy atom. The highest BCUT2D eigenvalue weighted by atomic mass is 16.3. The van der Waals surface area contributed by atoms with E-state index in [9.17, 15) is 14.7 Å². The van der Waals surface area contributed by atoms with Crippen molar-refractivity contribution in [1.82, 2.24) is 25.5 Å². The number of carbonyl (C=O) groups is 2. The van der Waals surface area contributed by atoms with E-state index in [4.69, 9.17) is 0 Å². The van der Waals surface area contributed by atoms with Crippen molar-refractivity contribution in [2.75, 3.05) is 13.1 Å². The lowest BCUT2D eigenvalue weighted by Crippen LogP contribution is -2.48. The smallest absolute Gasteiger partial charge is 0.226 e. The van der Waals surface area contributed by atoms with Gasteiger partial charge in [0.25, 0.3) is 0 Å². The number of nitrogens with one attached hydrogen (secondary N) is 3. The molecule has 2 aromatic rings. The van der Waals surface area contributed by atoms with E-state index in [1.807, 2.05) is 35.2 Å². The van der Waals surface area contributed by atoms with E-state index in [-0.39, 0.29) is 35.9 Å². The van der Waals surface area contributed by atoms with Crippen LogP contribution < -0.4 is 10.6 Å². The summed E-state index contributed by atoms with van der Waals surface area (Å²) in [6.07, 6.45) is 5.38. The fraction of sp³-hybridized carbons (Fsp3) is 0.560. The zero-order valence-corrected chi connectivity index (χ0v) is 19.0. The first-order valence-electron chi connectivity index (χ1n) is 12.1. The quantitative estimate of drug-likeness (QED) is 0.535. The van der Waals surface area contributed by atoms with Gasteiger partial charge in [-0.1, -0.05) is 30.3 Å². The standard InChI is InChI=1S/C25H33N5O3/c1-15(31)30-11-9-18(10-12-30)27-20-13-19(25(33)28-17-7-8-17)23(32)22(20)21-14-26-24(29-21)16-5-3-2-4-6-16/h2-6,14,17-20,22-23,27,32H,7-13H2,1H3,(H,26,29)(H,28,33)/t19-,20+,22+,23+/m0/s1. The van der Waals surface area contributed by atoms with Crippen molar-refractivity contribution in [2.24, 2.45) is 5.92 Å². The Morgan fingerprint density at radius 1 is 1.09 bits per heavy atom. The maximum atomic E-state index is 12.9. The Hall–Kier alpha value is -2.71. The predicted molar refractivity (Wildman–Crippen MR) is 124 cm³/mol. The van der Waals surface area contributed by atoms with Crippen molar-refractivity contribution in [1.29, 1.82) is 0 Å². The first-order chi connectivity index (χ1) is 16.0. The number of nitrogens with zero attached hydrogens (tertiary/aromatic N) is 2. The third-order valence-corrected chi connectivity index (χ3v) is 7.37. The van der Waals surface area contributed by atoms with Crippen molar-refractivity contribution in [3.05, 3.63) is 42.2 Å². The first kappa shape index (κ1) is 22.1. The van der Waals surface area contributed by atoms with Gasteiger partial charge in [-0.2, -0.15) is 0 Å². The molecule has 1 aliphatic heterocycles. The van der Waals surface area contributed by atoms with Crippen LogP contribution in [0.2, 0.25) is 0 Å². The molecule has 0 bridgehead atoms. The number of hydrogen-bond acceptors (Lipinski definition) is 5. The molecule has 3 aliphatic rings. The minimum absolute atomic E-state index is 0.0477. The second kappa shape index (κ2) is 9.27. The van der Waals surface area contributed by atoms with Crippen LogP contribution >= 0.6 is 0 Å². The highest BCUT2D eigenvalue weighted by Crippen LogP contribution is 2.40. The molecular formula is C25H33N5O3.